The van der Waals surface area contributed by atoms with Crippen molar-refractivity contribution in [1.29, 1.82) is 0 Å². The Kier molecular flexibility index (Phi) is 7.01. The van der Waals surface area contributed by atoms with Gasteiger partial charge in [0.25, 0.3) is 5.91 Å². The highest BCUT2D eigenvalue weighted by atomic mass is 16.4. The van der Waals surface area contributed by atoms with Crippen LogP contribution in [0.15, 0.2) is 30.5 Å². The normalized spacial score (nSPS) is 18.4. The van der Waals surface area contributed by atoms with Crippen molar-refractivity contribution in [3.8, 4) is 5.69 Å². The highest BCUT2D eigenvalue weighted by Gasteiger charge is 2.34. The first-order valence-corrected chi connectivity index (χ1v) is 11.1. The van der Waals surface area contributed by atoms with Crippen molar-refractivity contribution >= 4 is 23.6 Å². The molecule has 0 bridgehead atoms. The second-order valence-corrected chi connectivity index (χ2v) is 9.12. The van der Waals surface area contributed by atoms with E-state index < -0.39 is 5.97 Å². The fourth-order valence-corrected chi connectivity index (χ4v) is 4.15. The molecule has 0 unspecified atom stereocenters. The lowest BCUT2D eigenvalue weighted by molar-refractivity contribution is -0.124. The maximum Gasteiger partial charge on any atom is 0.341 e. The first-order chi connectivity index (χ1) is 15.1. The molecule has 32 heavy (non-hydrogen) atoms. The summed E-state index contributed by atoms with van der Waals surface area (Å²) in [5.74, 6) is -0.667. The summed E-state index contributed by atoms with van der Waals surface area (Å²) in [6.45, 7) is 5.94. The summed E-state index contributed by atoms with van der Waals surface area (Å²) >= 11 is 0. The third kappa shape index (κ3) is 4.84. The number of aromatic nitrogens is 2. The molecule has 8 nitrogen and oxygen atoms in total. The van der Waals surface area contributed by atoms with E-state index in [1.54, 1.807) is 38.4 Å². The Labute approximate surface area is 188 Å². The molecule has 1 N–H and O–H groups in total. The lowest BCUT2D eigenvalue weighted by Gasteiger charge is -2.32. The van der Waals surface area contributed by atoms with Gasteiger partial charge in [-0.1, -0.05) is 6.92 Å². The quantitative estimate of drug-likeness (QED) is 0.736. The summed E-state index contributed by atoms with van der Waals surface area (Å²) in [5, 5.41) is 14.3. The van der Waals surface area contributed by atoms with Crippen LogP contribution in [0, 0.1) is 11.8 Å². The molecule has 0 aliphatic heterocycles. The number of anilines is 1. The number of carboxylic acid groups (broad SMARTS) is 1. The number of nitrogens with zero attached hydrogens (tertiary/aromatic N) is 4. The Morgan fingerprint density at radius 1 is 1.06 bits per heavy atom. The van der Waals surface area contributed by atoms with E-state index in [9.17, 15) is 19.5 Å². The molecule has 172 valence electrons. The summed E-state index contributed by atoms with van der Waals surface area (Å²) in [6.07, 6.45) is 5.05. The minimum atomic E-state index is -1.14. The number of hydrogen-bond acceptors (Lipinski definition) is 4. The van der Waals surface area contributed by atoms with Crippen LogP contribution in [0.3, 0.4) is 0 Å². The average molecular weight is 441 g/mol. The van der Waals surface area contributed by atoms with E-state index in [2.05, 4.69) is 12.0 Å². The van der Waals surface area contributed by atoms with Crippen LogP contribution in [0.4, 0.5) is 5.82 Å². The van der Waals surface area contributed by atoms with Crippen LogP contribution in [-0.4, -0.2) is 57.7 Å². The first-order valence-electron chi connectivity index (χ1n) is 11.1. The fraction of sp³-hybridized carbons (Fsp3) is 0.500. The Hall–Kier alpha value is -3.16. The standard InChI is InChI=1S/C24H32N4O4/c1-15(2)28(23(30)18-8-6-16(3)7-9-18)21-20(24(31)32)14-27(25-21)19-12-10-17(11-13-19)22(29)26(4)5/h10-16,18H,6-9H2,1-5H3,(H,31,32)/t16-,18-. The Morgan fingerprint density at radius 2 is 1.66 bits per heavy atom. The van der Waals surface area contributed by atoms with Crippen LogP contribution >= 0.6 is 0 Å². The number of carbonyl (C=O) groups excluding carboxylic acids is 2. The van der Waals surface area contributed by atoms with Crippen LogP contribution in [0.25, 0.3) is 5.69 Å². The van der Waals surface area contributed by atoms with Gasteiger partial charge in [-0.2, -0.15) is 0 Å². The van der Waals surface area contributed by atoms with E-state index in [0.29, 0.717) is 17.2 Å². The van der Waals surface area contributed by atoms with Crippen molar-refractivity contribution in [2.75, 3.05) is 19.0 Å². The number of hydrogen-bond donors (Lipinski definition) is 1. The molecule has 0 radical (unpaired) electrons. The van der Waals surface area contributed by atoms with Crippen molar-refractivity contribution in [2.45, 2.75) is 52.5 Å². The molecular weight excluding hydrogens is 408 g/mol. The smallest absolute Gasteiger partial charge is 0.341 e. The molecule has 2 aromatic rings. The van der Waals surface area contributed by atoms with Crippen molar-refractivity contribution in [2.24, 2.45) is 11.8 Å². The molecule has 3 rings (SSSR count). The van der Waals surface area contributed by atoms with Crippen molar-refractivity contribution in [3.05, 3.63) is 41.6 Å². The van der Waals surface area contributed by atoms with Crippen LogP contribution in [-0.2, 0) is 4.79 Å². The largest absolute Gasteiger partial charge is 0.477 e. The van der Waals surface area contributed by atoms with Crippen molar-refractivity contribution in [3.63, 3.8) is 0 Å². The predicted octanol–water partition coefficient (Wildman–Crippen LogP) is 3.84. The molecule has 1 fully saturated rings. The zero-order chi connectivity index (χ0) is 23.6. The van der Waals surface area contributed by atoms with Crippen LogP contribution in [0.1, 0.15) is 67.2 Å². The summed E-state index contributed by atoms with van der Waals surface area (Å²) in [5.41, 5.74) is 1.11. The lowest BCUT2D eigenvalue weighted by atomic mass is 9.82. The first kappa shape index (κ1) is 23.5. The maximum absolute atomic E-state index is 13.4. The van der Waals surface area contributed by atoms with Crippen molar-refractivity contribution < 1.29 is 19.5 Å². The number of amides is 2. The lowest BCUT2D eigenvalue weighted by Crippen LogP contribution is -2.43. The second kappa shape index (κ2) is 9.54. The third-order valence-corrected chi connectivity index (χ3v) is 6.06. The van der Waals surface area contributed by atoms with E-state index in [1.807, 2.05) is 13.8 Å². The third-order valence-electron chi connectivity index (χ3n) is 6.06. The van der Waals surface area contributed by atoms with Gasteiger partial charge in [-0.15, -0.1) is 5.10 Å². The number of benzene rings is 1. The Balaban J connectivity index is 1.96. The zero-order valence-corrected chi connectivity index (χ0v) is 19.4. The molecule has 1 heterocycles. The molecule has 0 saturated heterocycles. The van der Waals surface area contributed by atoms with Gasteiger partial charge in [0.1, 0.15) is 5.56 Å². The van der Waals surface area contributed by atoms with E-state index in [0.717, 1.165) is 25.7 Å². The minimum Gasteiger partial charge on any atom is -0.477 e. The van der Waals surface area contributed by atoms with Gasteiger partial charge in [0.15, 0.2) is 5.82 Å². The molecule has 0 spiro atoms. The molecule has 1 aromatic carbocycles. The molecule has 8 heteroatoms. The van der Waals surface area contributed by atoms with Crippen LogP contribution in [0.2, 0.25) is 0 Å². The van der Waals surface area contributed by atoms with Gasteiger partial charge in [0.2, 0.25) is 5.91 Å². The monoisotopic (exact) mass is 440 g/mol. The van der Waals surface area contributed by atoms with E-state index in [-0.39, 0.29) is 35.2 Å². The van der Waals surface area contributed by atoms with Gasteiger partial charge in [-0.3, -0.25) is 14.5 Å². The second-order valence-electron chi connectivity index (χ2n) is 9.12. The summed E-state index contributed by atoms with van der Waals surface area (Å²) < 4.78 is 1.45. The maximum atomic E-state index is 13.4. The molecule has 1 aliphatic carbocycles. The topological polar surface area (TPSA) is 95.7 Å². The number of carbonyl (C=O) groups is 3. The molecular formula is C24H32N4O4. The zero-order valence-electron chi connectivity index (χ0n) is 19.4. The molecule has 2 amide bonds. The summed E-state index contributed by atoms with van der Waals surface area (Å²) in [7, 11) is 3.36. The average Bonchev–Trinajstić information content (AvgIpc) is 3.18. The van der Waals surface area contributed by atoms with Gasteiger partial charge >= 0.3 is 5.97 Å². The minimum absolute atomic E-state index is 0.0235. The highest BCUT2D eigenvalue weighted by molar-refractivity contribution is 6.02. The van der Waals surface area contributed by atoms with Gasteiger partial charge in [0, 0.05) is 37.8 Å². The summed E-state index contributed by atoms with van der Waals surface area (Å²) in [4.78, 5) is 40.6. The Morgan fingerprint density at radius 3 is 2.16 bits per heavy atom. The van der Waals surface area contributed by atoms with E-state index >= 15 is 0 Å². The van der Waals surface area contributed by atoms with Crippen molar-refractivity contribution in [1.82, 2.24) is 14.7 Å². The van der Waals surface area contributed by atoms with Crippen LogP contribution < -0.4 is 4.90 Å². The number of rotatable bonds is 6. The highest BCUT2D eigenvalue weighted by Crippen LogP contribution is 2.32. The van der Waals surface area contributed by atoms with Gasteiger partial charge in [-0.25, -0.2) is 9.48 Å². The van der Waals surface area contributed by atoms with Gasteiger partial charge in [-0.05, 0) is 69.7 Å². The number of aromatic carboxylic acids is 1. The Bertz CT molecular complexity index is 986. The molecule has 1 saturated carbocycles. The van der Waals surface area contributed by atoms with E-state index in [1.165, 1.54) is 20.7 Å². The SMILES string of the molecule is CC(C)N(c1nn(-c2ccc(C(=O)N(C)C)cc2)cc1C(=O)O)C(=O)[C@H]1CC[C@H](C)CC1. The molecule has 1 aromatic heterocycles. The fourth-order valence-electron chi connectivity index (χ4n) is 4.15. The molecule has 1 aliphatic rings. The number of carboxylic acids is 1. The van der Waals surface area contributed by atoms with Crippen LogP contribution in [0.5, 0.6) is 0 Å². The van der Waals surface area contributed by atoms with Gasteiger partial charge in [0.05, 0.1) is 5.69 Å². The van der Waals surface area contributed by atoms with E-state index in [4.69, 9.17) is 0 Å². The summed E-state index contributed by atoms with van der Waals surface area (Å²) in [6, 6.07) is 6.54. The predicted molar refractivity (Wildman–Crippen MR) is 122 cm³/mol. The van der Waals surface area contributed by atoms with Gasteiger partial charge < -0.3 is 10.0 Å². The molecule has 0 atom stereocenters.